The second kappa shape index (κ2) is 6.27. The molecule has 25 heavy (non-hydrogen) atoms. The van der Waals surface area contributed by atoms with Gasteiger partial charge < -0.3 is 4.90 Å². The Kier molecular flexibility index (Phi) is 5.37. The van der Waals surface area contributed by atoms with Crippen LogP contribution in [0.2, 0.25) is 0 Å². The van der Waals surface area contributed by atoms with Crippen molar-refractivity contribution in [2.24, 2.45) is 5.92 Å². The molecule has 0 aliphatic rings. The lowest BCUT2D eigenvalue weighted by molar-refractivity contribution is -0.237. The van der Waals surface area contributed by atoms with E-state index >= 15 is 0 Å². The number of hydrogen-bond donors (Lipinski definition) is 0. The molecule has 0 N–H and O–H groups in total. The van der Waals surface area contributed by atoms with Crippen molar-refractivity contribution in [1.29, 1.82) is 0 Å². The summed E-state index contributed by atoms with van der Waals surface area (Å²) in [6, 6.07) is 6.40. The number of alkyl halides is 4. The SMILES string of the molecule is C=CS(=C)(C)(C)c1cccc(N(C)C(=O)C(F)(C(C)C)C(F)(F)F)c1. The lowest BCUT2D eigenvalue weighted by Gasteiger charge is -2.38. The molecule has 2 nitrogen and oxygen atoms in total. The van der Waals surface area contributed by atoms with E-state index in [4.69, 9.17) is 0 Å². The number of carbonyl (C=O) groups is 1. The zero-order chi connectivity index (χ0) is 19.9. The highest BCUT2D eigenvalue weighted by Gasteiger charge is 2.64. The van der Waals surface area contributed by atoms with Gasteiger partial charge in [0.15, 0.2) is 0 Å². The maximum atomic E-state index is 14.7. The molecule has 0 aliphatic carbocycles. The summed E-state index contributed by atoms with van der Waals surface area (Å²) in [6.45, 7) is 5.85. The Bertz CT molecular complexity index is 748. The van der Waals surface area contributed by atoms with Crippen LogP contribution < -0.4 is 4.90 Å². The Morgan fingerprint density at radius 3 is 2.16 bits per heavy atom. The Hall–Kier alpha value is -1.63. The summed E-state index contributed by atoms with van der Waals surface area (Å²) in [5, 5.41) is 1.71. The minimum Gasteiger partial charge on any atom is -0.312 e. The van der Waals surface area contributed by atoms with Crippen LogP contribution in [0.15, 0.2) is 41.1 Å². The van der Waals surface area contributed by atoms with Gasteiger partial charge in [0, 0.05) is 18.7 Å². The van der Waals surface area contributed by atoms with Crippen molar-refractivity contribution in [3.05, 3.63) is 36.3 Å². The highest BCUT2D eigenvalue weighted by atomic mass is 32.3. The van der Waals surface area contributed by atoms with Gasteiger partial charge in [0.1, 0.15) is 0 Å². The number of carbonyl (C=O) groups excluding carboxylic acids is 1. The standard InChI is InChI=1S/C18H25F4NOS/c1-8-25(5,6,7)15-11-9-10-14(12-15)23(4)16(24)17(19,13(2)3)18(20,21)22/h8-13H,1,5H2,2-4,6-7H3. The Morgan fingerprint density at radius 2 is 1.76 bits per heavy atom. The molecule has 0 aromatic heterocycles. The Morgan fingerprint density at radius 1 is 1.24 bits per heavy atom. The van der Waals surface area contributed by atoms with Crippen LogP contribution in [0.3, 0.4) is 0 Å². The summed E-state index contributed by atoms with van der Waals surface area (Å²) in [5.41, 5.74) is -3.78. The van der Waals surface area contributed by atoms with Crippen LogP contribution in [0, 0.1) is 5.92 Å². The van der Waals surface area contributed by atoms with Crippen LogP contribution in [0.25, 0.3) is 0 Å². The molecule has 0 spiro atoms. The number of halogens is 4. The summed E-state index contributed by atoms with van der Waals surface area (Å²) in [5.74, 6) is 0.992. The molecular weight excluding hydrogens is 354 g/mol. The van der Waals surface area contributed by atoms with Gasteiger partial charge in [0.25, 0.3) is 11.6 Å². The summed E-state index contributed by atoms with van der Waals surface area (Å²) >= 11 is 0. The van der Waals surface area contributed by atoms with E-state index in [0.717, 1.165) is 25.8 Å². The van der Waals surface area contributed by atoms with Gasteiger partial charge in [0.2, 0.25) is 0 Å². The van der Waals surface area contributed by atoms with Gasteiger partial charge in [-0.2, -0.15) is 13.2 Å². The molecular formula is C18H25F4NOS. The van der Waals surface area contributed by atoms with E-state index in [9.17, 15) is 22.4 Å². The second-order valence-electron chi connectivity index (χ2n) is 7.19. The van der Waals surface area contributed by atoms with E-state index in [0.29, 0.717) is 4.90 Å². The number of benzene rings is 1. The van der Waals surface area contributed by atoms with E-state index in [1.807, 2.05) is 12.5 Å². The summed E-state index contributed by atoms with van der Waals surface area (Å²) < 4.78 is 54.4. The van der Waals surface area contributed by atoms with E-state index < -0.39 is 32.4 Å². The average molecular weight is 379 g/mol. The number of rotatable bonds is 5. The van der Waals surface area contributed by atoms with E-state index in [-0.39, 0.29) is 5.69 Å². The largest absolute Gasteiger partial charge is 0.431 e. The van der Waals surface area contributed by atoms with Crippen LogP contribution in [-0.4, -0.2) is 43.2 Å². The lowest BCUT2D eigenvalue weighted by Crippen LogP contribution is -2.57. The predicted molar refractivity (Wildman–Crippen MR) is 99.6 cm³/mol. The molecule has 0 fully saturated rings. The first-order valence-corrected chi connectivity index (χ1v) is 10.7. The van der Waals surface area contributed by atoms with Gasteiger partial charge in [-0.05, 0) is 29.5 Å². The van der Waals surface area contributed by atoms with E-state index in [2.05, 4.69) is 12.4 Å². The van der Waals surface area contributed by atoms with Crippen molar-refractivity contribution < 1.29 is 22.4 Å². The fourth-order valence-corrected chi connectivity index (χ4v) is 3.49. The quantitative estimate of drug-likeness (QED) is 0.514. The molecule has 0 saturated carbocycles. The predicted octanol–water partition coefficient (Wildman–Crippen LogP) is 5.11. The van der Waals surface area contributed by atoms with Crippen LogP contribution in [-0.2, 0) is 4.79 Å². The second-order valence-corrected chi connectivity index (χ2v) is 12.6. The number of hydrogen-bond acceptors (Lipinski definition) is 1. The van der Waals surface area contributed by atoms with Gasteiger partial charge in [0.05, 0.1) is 0 Å². The minimum atomic E-state index is -5.30. The smallest absolute Gasteiger partial charge is 0.312 e. The van der Waals surface area contributed by atoms with Crippen LogP contribution in [0.4, 0.5) is 23.2 Å². The first-order chi connectivity index (χ1) is 11.1. The van der Waals surface area contributed by atoms with Gasteiger partial charge in [-0.3, -0.25) is 4.79 Å². The maximum Gasteiger partial charge on any atom is 0.431 e. The first-order valence-electron chi connectivity index (χ1n) is 7.57. The monoisotopic (exact) mass is 379 g/mol. The maximum absolute atomic E-state index is 14.7. The van der Waals surface area contributed by atoms with Crippen molar-refractivity contribution in [3.63, 3.8) is 0 Å². The van der Waals surface area contributed by atoms with Crippen LogP contribution in [0.1, 0.15) is 13.8 Å². The molecule has 1 rings (SSSR count). The average Bonchev–Trinajstić information content (AvgIpc) is 2.51. The van der Waals surface area contributed by atoms with Gasteiger partial charge >= 0.3 is 6.18 Å². The van der Waals surface area contributed by atoms with E-state index in [1.54, 1.807) is 23.6 Å². The van der Waals surface area contributed by atoms with Crippen LogP contribution >= 0.6 is 8.75 Å². The van der Waals surface area contributed by atoms with E-state index in [1.165, 1.54) is 6.07 Å². The molecule has 0 radical (unpaired) electrons. The number of amides is 1. The topological polar surface area (TPSA) is 20.3 Å². The first kappa shape index (κ1) is 21.4. The normalized spacial score (nSPS) is 16.6. The third-order valence-electron chi connectivity index (χ3n) is 4.34. The molecule has 1 amide bonds. The zero-order valence-electron chi connectivity index (χ0n) is 15.2. The summed E-state index contributed by atoms with van der Waals surface area (Å²) in [6.07, 6.45) is -1.51. The summed E-state index contributed by atoms with van der Waals surface area (Å²) in [7, 11) is -1.28. The molecule has 0 bridgehead atoms. The molecule has 7 heteroatoms. The third kappa shape index (κ3) is 3.81. The molecule has 1 aromatic carbocycles. The zero-order valence-corrected chi connectivity index (χ0v) is 16.0. The Labute approximate surface area is 146 Å². The third-order valence-corrected chi connectivity index (χ3v) is 7.21. The molecule has 0 aliphatic heterocycles. The van der Waals surface area contributed by atoms with Crippen molar-refractivity contribution in [2.75, 3.05) is 24.5 Å². The minimum absolute atomic E-state index is 0.173. The van der Waals surface area contributed by atoms with Crippen molar-refractivity contribution >= 4 is 26.2 Å². The molecule has 1 unspecified atom stereocenters. The van der Waals surface area contributed by atoms with Gasteiger partial charge in [-0.15, -0.1) is 0 Å². The van der Waals surface area contributed by atoms with Gasteiger partial charge in [-0.25, -0.2) is 13.1 Å². The fourth-order valence-electron chi connectivity index (χ4n) is 2.26. The number of anilines is 1. The lowest BCUT2D eigenvalue weighted by atomic mass is 9.90. The van der Waals surface area contributed by atoms with Crippen molar-refractivity contribution in [1.82, 2.24) is 0 Å². The Balaban J connectivity index is 3.42. The summed E-state index contributed by atoms with van der Waals surface area (Å²) in [4.78, 5) is 13.8. The molecule has 0 heterocycles. The highest BCUT2D eigenvalue weighted by molar-refractivity contribution is 8.47. The number of nitrogens with zero attached hydrogens (tertiary/aromatic N) is 1. The fraction of sp³-hybridized carbons (Fsp3) is 0.444. The van der Waals surface area contributed by atoms with Gasteiger partial charge in [-0.1, -0.05) is 43.8 Å². The highest BCUT2D eigenvalue weighted by Crippen LogP contribution is 2.59. The molecule has 0 saturated heterocycles. The molecule has 1 aromatic rings. The van der Waals surface area contributed by atoms with Crippen molar-refractivity contribution in [3.8, 4) is 0 Å². The molecule has 1 atom stereocenters. The van der Waals surface area contributed by atoms with Crippen LogP contribution in [0.5, 0.6) is 0 Å². The molecule has 142 valence electrons. The van der Waals surface area contributed by atoms with Crippen molar-refractivity contribution in [2.45, 2.75) is 30.6 Å².